The summed E-state index contributed by atoms with van der Waals surface area (Å²) in [4.78, 5) is 0. The van der Waals surface area contributed by atoms with Gasteiger partial charge in [0.1, 0.15) is 0 Å². The van der Waals surface area contributed by atoms with Gasteiger partial charge in [-0.2, -0.15) is 0 Å². The van der Waals surface area contributed by atoms with Crippen LogP contribution in [0, 0.1) is 0 Å². The molecule has 0 radical (unpaired) electrons. The molecule has 0 saturated heterocycles. The summed E-state index contributed by atoms with van der Waals surface area (Å²) in [6.45, 7) is 2.21. The summed E-state index contributed by atoms with van der Waals surface area (Å²) in [7, 11) is 2.02. The Morgan fingerprint density at radius 3 is 2.79 bits per heavy atom. The van der Waals surface area contributed by atoms with Crippen molar-refractivity contribution in [2.24, 2.45) is 0 Å². The number of hydrogen-bond acceptors (Lipinski definition) is 1. The van der Waals surface area contributed by atoms with Crippen LogP contribution in [0.25, 0.3) is 0 Å². The fraction of sp³-hybridized carbons (Fsp3) is 0.500. The lowest BCUT2D eigenvalue weighted by Crippen LogP contribution is -2.24. The third-order valence-corrected chi connectivity index (χ3v) is 2.81. The number of hydrogen-bond donors (Lipinski definition) is 1. The highest BCUT2D eigenvalue weighted by Gasteiger charge is 2.03. The van der Waals surface area contributed by atoms with Crippen LogP contribution in [0.4, 0.5) is 0 Å². The van der Waals surface area contributed by atoms with E-state index in [2.05, 4.69) is 18.3 Å². The second kappa shape index (κ2) is 6.05. The van der Waals surface area contributed by atoms with Crippen LogP contribution in [-0.2, 0) is 6.42 Å². The quantitative estimate of drug-likeness (QED) is 0.789. The Morgan fingerprint density at radius 2 is 2.21 bits per heavy atom. The topological polar surface area (TPSA) is 12.0 Å². The maximum Gasteiger partial charge on any atom is 0.0408 e. The van der Waals surface area contributed by atoms with Crippen LogP contribution in [0.2, 0.25) is 5.02 Å². The zero-order chi connectivity index (χ0) is 10.4. The van der Waals surface area contributed by atoms with Gasteiger partial charge in [0.2, 0.25) is 0 Å². The van der Waals surface area contributed by atoms with Crippen LogP contribution in [0.15, 0.2) is 24.3 Å². The first kappa shape index (κ1) is 11.5. The third-order valence-electron chi connectivity index (χ3n) is 2.57. The average Bonchev–Trinajstić information content (AvgIpc) is 2.19. The number of rotatable bonds is 5. The van der Waals surface area contributed by atoms with Crippen LogP contribution in [-0.4, -0.2) is 13.1 Å². The summed E-state index contributed by atoms with van der Waals surface area (Å²) >= 11 is 5.91. The number of halogens is 1. The van der Waals surface area contributed by atoms with Gasteiger partial charge in [0.15, 0.2) is 0 Å². The summed E-state index contributed by atoms with van der Waals surface area (Å²) in [5.41, 5.74) is 1.33. The van der Waals surface area contributed by atoms with E-state index in [1.165, 1.54) is 18.4 Å². The van der Waals surface area contributed by atoms with Crippen molar-refractivity contribution in [3.63, 3.8) is 0 Å². The monoisotopic (exact) mass is 211 g/mol. The summed E-state index contributed by atoms with van der Waals surface area (Å²) in [6.07, 6.45) is 3.45. The molecule has 1 unspecified atom stereocenters. The smallest absolute Gasteiger partial charge is 0.0408 e. The number of benzene rings is 1. The van der Waals surface area contributed by atoms with Gasteiger partial charge >= 0.3 is 0 Å². The largest absolute Gasteiger partial charge is 0.317 e. The molecule has 0 aliphatic heterocycles. The molecule has 0 fully saturated rings. The normalized spacial score (nSPS) is 12.8. The Labute approximate surface area is 91.5 Å². The van der Waals surface area contributed by atoms with Crippen molar-refractivity contribution >= 4 is 11.6 Å². The standard InChI is InChI=1S/C12H18ClN/c1-3-12(14-2)8-7-10-5-4-6-11(13)9-10/h4-6,9,12,14H,3,7-8H2,1-2H3. The second-order valence-corrected chi connectivity index (χ2v) is 4.00. The minimum absolute atomic E-state index is 0.619. The first-order valence-electron chi connectivity index (χ1n) is 5.18. The molecule has 2 heteroatoms. The summed E-state index contributed by atoms with van der Waals surface area (Å²) < 4.78 is 0. The lowest BCUT2D eigenvalue weighted by atomic mass is 10.0. The Kier molecular flexibility index (Phi) is 4.99. The summed E-state index contributed by atoms with van der Waals surface area (Å²) in [5.74, 6) is 0. The van der Waals surface area contributed by atoms with Crippen LogP contribution < -0.4 is 5.32 Å². The average molecular weight is 212 g/mol. The molecule has 1 aromatic rings. The molecule has 0 bridgehead atoms. The molecule has 1 N–H and O–H groups in total. The molecule has 1 nitrogen and oxygen atoms in total. The van der Waals surface area contributed by atoms with E-state index in [1.54, 1.807) is 0 Å². The predicted molar refractivity (Wildman–Crippen MR) is 62.9 cm³/mol. The van der Waals surface area contributed by atoms with Gasteiger partial charge in [-0.1, -0.05) is 30.7 Å². The fourth-order valence-electron chi connectivity index (χ4n) is 1.59. The van der Waals surface area contributed by atoms with Crippen molar-refractivity contribution in [2.75, 3.05) is 7.05 Å². The van der Waals surface area contributed by atoms with Gasteiger partial charge in [-0.05, 0) is 44.0 Å². The SMILES string of the molecule is CCC(CCc1cccc(Cl)c1)NC. The highest BCUT2D eigenvalue weighted by Crippen LogP contribution is 2.13. The number of aryl methyl sites for hydroxylation is 1. The number of nitrogens with one attached hydrogen (secondary N) is 1. The maximum atomic E-state index is 5.91. The zero-order valence-corrected chi connectivity index (χ0v) is 9.64. The van der Waals surface area contributed by atoms with Crippen molar-refractivity contribution in [2.45, 2.75) is 32.2 Å². The van der Waals surface area contributed by atoms with Crippen LogP contribution in [0.1, 0.15) is 25.3 Å². The Bertz CT molecular complexity index is 269. The lowest BCUT2D eigenvalue weighted by molar-refractivity contribution is 0.509. The van der Waals surface area contributed by atoms with Gasteiger partial charge in [0.25, 0.3) is 0 Å². The van der Waals surface area contributed by atoms with Gasteiger partial charge in [0.05, 0.1) is 0 Å². The minimum atomic E-state index is 0.619. The second-order valence-electron chi connectivity index (χ2n) is 3.56. The van der Waals surface area contributed by atoms with E-state index in [1.807, 2.05) is 25.2 Å². The zero-order valence-electron chi connectivity index (χ0n) is 8.89. The Hall–Kier alpha value is -0.530. The van der Waals surface area contributed by atoms with Crippen molar-refractivity contribution in [1.29, 1.82) is 0 Å². The van der Waals surface area contributed by atoms with E-state index in [4.69, 9.17) is 11.6 Å². The molecule has 0 aromatic heterocycles. The molecule has 0 aliphatic carbocycles. The molecule has 14 heavy (non-hydrogen) atoms. The molecule has 0 amide bonds. The molecular weight excluding hydrogens is 194 g/mol. The summed E-state index contributed by atoms with van der Waals surface area (Å²) in [5, 5.41) is 4.14. The molecule has 1 rings (SSSR count). The van der Waals surface area contributed by atoms with Crippen LogP contribution in [0.3, 0.4) is 0 Å². The molecular formula is C12H18ClN. The van der Waals surface area contributed by atoms with Crippen LogP contribution >= 0.6 is 11.6 Å². The molecule has 0 heterocycles. The Balaban J connectivity index is 2.44. The van der Waals surface area contributed by atoms with E-state index in [9.17, 15) is 0 Å². The molecule has 0 spiro atoms. The highest BCUT2D eigenvalue weighted by atomic mass is 35.5. The molecule has 1 aromatic carbocycles. The van der Waals surface area contributed by atoms with Crippen molar-refractivity contribution in [3.8, 4) is 0 Å². The maximum absolute atomic E-state index is 5.91. The molecule has 78 valence electrons. The van der Waals surface area contributed by atoms with Gasteiger partial charge in [-0.25, -0.2) is 0 Å². The van der Waals surface area contributed by atoms with Gasteiger partial charge < -0.3 is 5.32 Å². The van der Waals surface area contributed by atoms with E-state index in [-0.39, 0.29) is 0 Å². The highest BCUT2D eigenvalue weighted by molar-refractivity contribution is 6.30. The Morgan fingerprint density at radius 1 is 1.43 bits per heavy atom. The summed E-state index contributed by atoms with van der Waals surface area (Å²) in [6, 6.07) is 8.73. The van der Waals surface area contributed by atoms with E-state index < -0.39 is 0 Å². The van der Waals surface area contributed by atoms with Crippen LogP contribution in [0.5, 0.6) is 0 Å². The van der Waals surface area contributed by atoms with Crippen molar-refractivity contribution in [3.05, 3.63) is 34.9 Å². The third kappa shape index (κ3) is 3.69. The molecule has 1 atom stereocenters. The predicted octanol–water partition coefficient (Wildman–Crippen LogP) is 3.27. The molecule has 0 aliphatic rings. The lowest BCUT2D eigenvalue weighted by Gasteiger charge is -2.13. The molecule has 0 saturated carbocycles. The van der Waals surface area contributed by atoms with E-state index in [0.29, 0.717) is 6.04 Å². The van der Waals surface area contributed by atoms with Crippen molar-refractivity contribution < 1.29 is 0 Å². The van der Waals surface area contributed by atoms with Gasteiger partial charge in [-0.15, -0.1) is 0 Å². The van der Waals surface area contributed by atoms with Crippen molar-refractivity contribution in [1.82, 2.24) is 5.32 Å². The first-order chi connectivity index (χ1) is 6.76. The van der Waals surface area contributed by atoms with E-state index >= 15 is 0 Å². The van der Waals surface area contributed by atoms with E-state index in [0.717, 1.165) is 11.4 Å². The minimum Gasteiger partial charge on any atom is -0.317 e. The van der Waals surface area contributed by atoms with Gasteiger partial charge in [0, 0.05) is 11.1 Å². The van der Waals surface area contributed by atoms with Gasteiger partial charge in [-0.3, -0.25) is 0 Å². The fourth-order valence-corrected chi connectivity index (χ4v) is 1.80. The first-order valence-corrected chi connectivity index (χ1v) is 5.55.